The predicted molar refractivity (Wildman–Crippen MR) is 85.8 cm³/mol. The maximum atomic E-state index is 8.71. The first-order chi connectivity index (χ1) is 10.2. The first kappa shape index (κ1) is 15.7. The SMILES string of the molecule is OCCC#Cc1cccc(COc2cc(Cl)cc(Cl)c2)c1. The Balaban J connectivity index is 2.03. The summed E-state index contributed by atoms with van der Waals surface area (Å²) in [6, 6.07) is 12.9. The molecule has 0 radical (unpaired) electrons. The fourth-order valence-corrected chi connectivity index (χ4v) is 2.24. The van der Waals surface area contributed by atoms with Crippen LogP contribution in [0.2, 0.25) is 10.0 Å². The molecule has 2 aromatic carbocycles. The highest BCUT2D eigenvalue weighted by Crippen LogP contribution is 2.24. The second kappa shape index (κ2) is 7.95. The van der Waals surface area contributed by atoms with Gasteiger partial charge in [0.25, 0.3) is 0 Å². The van der Waals surface area contributed by atoms with Crippen LogP contribution in [0.3, 0.4) is 0 Å². The first-order valence-corrected chi connectivity index (χ1v) is 7.20. The Labute approximate surface area is 134 Å². The Kier molecular flexibility index (Phi) is 5.95. The average Bonchev–Trinajstić information content (AvgIpc) is 2.45. The maximum Gasteiger partial charge on any atom is 0.122 e. The molecule has 2 aromatic rings. The zero-order chi connectivity index (χ0) is 15.1. The minimum Gasteiger partial charge on any atom is -0.489 e. The molecule has 0 atom stereocenters. The van der Waals surface area contributed by atoms with Gasteiger partial charge in [-0.25, -0.2) is 0 Å². The lowest BCUT2D eigenvalue weighted by atomic mass is 10.1. The van der Waals surface area contributed by atoms with Crippen LogP contribution in [0.15, 0.2) is 42.5 Å². The van der Waals surface area contributed by atoms with Gasteiger partial charge < -0.3 is 9.84 Å². The van der Waals surface area contributed by atoms with Crippen molar-refractivity contribution in [2.75, 3.05) is 6.61 Å². The normalized spacial score (nSPS) is 9.86. The van der Waals surface area contributed by atoms with E-state index >= 15 is 0 Å². The highest BCUT2D eigenvalue weighted by molar-refractivity contribution is 6.34. The van der Waals surface area contributed by atoms with Gasteiger partial charge in [0.05, 0.1) is 6.61 Å². The maximum absolute atomic E-state index is 8.71. The van der Waals surface area contributed by atoms with Crippen molar-refractivity contribution in [3.05, 3.63) is 63.6 Å². The summed E-state index contributed by atoms with van der Waals surface area (Å²) in [4.78, 5) is 0. The van der Waals surface area contributed by atoms with Crippen molar-refractivity contribution < 1.29 is 9.84 Å². The molecule has 2 nitrogen and oxygen atoms in total. The summed E-state index contributed by atoms with van der Waals surface area (Å²) >= 11 is 11.8. The molecular weight excluding hydrogens is 307 g/mol. The molecule has 1 N–H and O–H groups in total. The van der Waals surface area contributed by atoms with Gasteiger partial charge in [0, 0.05) is 22.0 Å². The molecule has 0 saturated heterocycles. The van der Waals surface area contributed by atoms with Gasteiger partial charge in [-0.2, -0.15) is 0 Å². The van der Waals surface area contributed by atoms with Gasteiger partial charge in [-0.1, -0.05) is 47.2 Å². The van der Waals surface area contributed by atoms with Gasteiger partial charge in [0.15, 0.2) is 0 Å². The monoisotopic (exact) mass is 320 g/mol. The molecule has 0 spiro atoms. The van der Waals surface area contributed by atoms with Crippen LogP contribution < -0.4 is 4.74 Å². The lowest BCUT2D eigenvalue weighted by molar-refractivity contribution is 0.305. The fourth-order valence-electron chi connectivity index (χ4n) is 1.74. The molecule has 0 aliphatic carbocycles. The fraction of sp³-hybridized carbons (Fsp3) is 0.176. The number of hydrogen-bond donors (Lipinski definition) is 1. The van der Waals surface area contributed by atoms with Crippen LogP contribution >= 0.6 is 23.2 Å². The lowest BCUT2D eigenvalue weighted by Gasteiger charge is -2.07. The molecule has 0 aliphatic heterocycles. The van der Waals surface area contributed by atoms with Crippen LogP contribution in [0.1, 0.15) is 17.5 Å². The van der Waals surface area contributed by atoms with Gasteiger partial charge in [-0.05, 0) is 35.9 Å². The van der Waals surface area contributed by atoms with Crippen LogP contribution in [0.4, 0.5) is 0 Å². The minimum atomic E-state index is 0.0747. The van der Waals surface area contributed by atoms with Crippen molar-refractivity contribution in [2.24, 2.45) is 0 Å². The van der Waals surface area contributed by atoms with Gasteiger partial charge in [-0.15, -0.1) is 0 Å². The standard InChI is InChI=1S/C17H14Cl2O2/c18-15-9-16(19)11-17(10-15)21-12-14-6-3-5-13(8-14)4-1-2-7-20/h3,5-6,8-11,20H,2,7,12H2. The molecule has 0 saturated carbocycles. The van der Waals surface area contributed by atoms with E-state index in [-0.39, 0.29) is 6.61 Å². The number of aliphatic hydroxyl groups excluding tert-OH is 1. The van der Waals surface area contributed by atoms with E-state index in [0.717, 1.165) is 11.1 Å². The largest absolute Gasteiger partial charge is 0.489 e. The molecule has 2 rings (SSSR count). The lowest BCUT2D eigenvalue weighted by Crippen LogP contribution is -1.95. The summed E-state index contributed by atoms with van der Waals surface area (Å²) in [6.07, 6.45) is 0.474. The zero-order valence-corrected chi connectivity index (χ0v) is 12.8. The Morgan fingerprint density at radius 1 is 1.05 bits per heavy atom. The molecular formula is C17H14Cl2O2. The summed E-state index contributed by atoms with van der Waals surface area (Å²) in [5.74, 6) is 6.52. The van der Waals surface area contributed by atoms with Gasteiger partial charge in [0.2, 0.25) is 0 Å². The molecule has 0 unspecified atom stereocenters. The van der Waals surface area contributed by atoms with E-state index in [1.54, 1.807) is 18.2 Å². The van der Waals surface area contributed by atoms with Crippen LogP contribution in [-0.4, -0.2) is 11.7 Å². The molecule has 108 valence electrons. The average molecular weight is 321 g/mol. The summed E-state index contributed by atoms with van der Waals surface area (Å²) in [5, 5.41) is 9.80. The highest BCUT2D eigenvalue weighted by atomic mass is 35.5. The Bertz CT molecular complexity index is 652. The molecule has 0 amide bonds. The quantitative estimate of drug-likeness (QED) is 0.851. The third kappa shape index (κ3) is 5.32. The van der Waals surface area contributed by atoms with Crippen LogP contribution in [0, 0.1) is 11.8 Å². The summed E-state index contributed by atoms with van der Waals surface area (Å²) in [6.45, 7) is 0.484. The number of rotatable bonds is 4. The van der Waals surface area contributed by atoms with E-state index in [4.69, 9.17) is 33.0 Å². The number of aliphatic hydroxyl groups is 1. The second-order valence-corrected chi connectivity index (χ2v) is 5.24. The molecule has 4 heteroatoms. The molecule has 0 heterocycles. The zero-order valence-electron chi connectivity index (χ0n) is 11.3. The third-order valence-corrected chi connectivity index (χ3v) is 3.07. The molecule has 0 bridgehead atoms. The van der Waals surface area contributed by atoms with Crippen LogP contribution in [-0.2, 0) is 6.61 Å². The van der Waals surface area contributed by atoms with E-state index in [9.17, 15) is 0 Å². The van der Waals surface area contributed by atoms with Crippen molar-refractivity contribution >= 4 is 23.2 Å². The van der Waals surface area contributed by atoms with Crippen LogP contribution in [0.25, 0.3) is 0 Å². The highest BCUT2D eigenvalue weighted by Gasteiger charge is 2.00. The van der Waals surface area contributed by atoms with Gasteiger partial charge in [0.1, 0.15) is 12.4 Å². The number of benzene rings is 2. The van der Waals surface area contributed by atoms with E-state index in [1.165, 1.54) is 0 Å². The van der Waals surface area contributed by atoms with Crippen LogP contribution in [0.5, 0.6) is 5.75 Å². The van der Waals surface area contributed by atoms with Crippen molar-refractivity contribution in [2.45, 2.75) is 13.0 Å². The first-order valence-electron chi connectivity index (χ1n) is 6.45. The van der Waals surface area contributed by atoms with Gasteiger partial charge in [-0.3, -0.25) is 0 Å². The second-order valence-electron chi connectivity index (χ2n) is 4.37. The third-order valence-electron chi connectivity index (χ3n) is 2.64. The Morgan fingerprint density at radius 2 is 1.81 bits per heavy atom. The van der Waals surface area contributed by atoms with E-state index in [2.05, 4.69) is 11.8 Å². The molecule has 0 aliphatic rings. The predicted octanol–water partition coefficient (Wildman–Crippen LogP) is 4.31. The molecule has 0 aromatic heterocycles. The van der Waals surface area contributed by atoms with Crippen molar-refractivity contribution in [3.8, 4) is 17.6 Å². The number of halogens is 2. The minimum absolute atomic E-state index is 0.0747. The Hall–Kier alpha value is -1.66. The summed E-state index contributed by atoms with van der Waals surface area (Å²) in [5.41, 5.74) is 1.90. The summed E-state index contributed by atoms with van der Waals surface area (Å²) in [7, 11) is 0. The Morgan fingerprint density at radius 3 is 2.52 bits per heavy atom. The number of ether oxygens (including phenoxy) is 1. The van der Waals surface area contributed by atoms with E-state index in [0.29, 0.717) is 28.8 Å². The van der Waals surface area contributed by atoms with E-state index in [1.807, 2.05) is 24.3 Å². The topological polar surface area (TPSA) is 29.5 Å². The van der Waals surface area contributed by atoms with Crippen molar-refractivity contribution in [1.82, 2.24) is 0 Å². The van der Waals surface area contributed by atoms with Crippen molar-refractivity contribution in [1.29, 1.82) is 0 Å². The molecule has 21 heavy (non-hydrogen) atoms. The summed E-state index contributed by atoms with van der Waals surface area (Å²) < 4.78 is 5.68. The smallest absolute Gasteiger partial charge is 0.122 e. The van der Waals surface area contributed by atoms with E-state index < -0.39 is 0 Å². The van der Waals surface area contributed by atoms with Crippen molar-refractivity contribution in [3.63, 3.8) is 0 Å². The number of hydrogen-bond acceptors (Lipinski definition) is 2. The molecule has 0 fully saturated rings. The van der Waals surface area contributed by atoms with Gasteiger partial charge >= 0.3 is 0 Å².